The molecule has 1 heterocycles. The van der Waals surface area contributed by atoms with Crippen molar-refractivity contribution in [2.75, 3.05) is 5.73 Å². The fraction of sp³-hybridized carbons (Fsp3) is 0.154. The van der Waals surface area contributed by atoms with Gasteiger partial charge in [-0.3, -0.25) is 4.79 Å². The predicted octanol–water partition coefficient (Wildman–Crippen LogP) is 2.27. The van der Waals surface area contributed by atoms with Crippen molar-refractivity contribution in [2.24, 2.45) is 0 Å². The molecule has 1 aromatic heterocycles. The number of phenols is 1. The van der Waals surface area contributed by atoms with Gasteiger partial charge in [0.15, 0.2) is 0 Å². The smallest absolute Gasteiger partial charge is 0.253 e. The highest BCUT2D eigenvalue weighted by atomic mass is 32.1. The molecule has 0 unspecified atom stereocenters. The van der Waals surface area contributed by atoms with Crippen molar-refractivity contribution >= 4 is 22.9 Å². The Morgan fingerprint density at radius 3 is 2.89 bits per heavy atom. The molecule has 0 fully saturated rings. The Morgan fingerprint density at radius 1 is 1.44 bits per heavy atom. The maximum absolute atomic E-state index is 11.9. The molecule has 5 heteroatoms. The Labute approximate surface area is 109 Å². The SMILES string of the molecule is Cc1cscc1CNC(=O)c1cc(O)ccc1N. The molecular weight excluding hydrogens is 248 g/mol. The van der Waals surface area contributed by atoms with E-state index < -0.39 is 0 Å². The van der Waals surface area contributed by atoms with Crippen LogP contribution in [0, 0.1) is 6.92 Å². The van der Waals surface area contributed by atoms with E-state index in [4.69, 9.17) is 5.73 Å². The lowest BCUT2D eigenvalue weighted by molar-refractivity contribution is 0.0951. The maximum Gasteiger partial charge on any atom is 0.253 e. The second-order valence-corrected chi connectivity index (χ2v) is 4.78. The summed E-state index contributed by atoms with van der Waals surface area (Å²) in [5.41, 5.74) is 8.59. The number of benzene rings is 1. The molecule has 1 amide bonds. The number of nitrogen functional groups attached to an aromatic ring is 1. The monoisotopic (exact) mass is 262 g/mol. The molecule has 2 rings (SSSR count). The number of nitrogens with two attached hydrogens (primary N) is 1. The molecule has 1 aromatic carbocycles. The fourth-order valence-electron chi connectivity index (χ4n) is 1.58. The normalized spacial score (nSPS) is 10.3. The second-order valence-electron chi connectivity index (χ2n) is 4.03. The van der Waals surface area contributed by atoms with Crippen LogP contribution in [0.1, 0.15) is 21.5 Å². The number of phenolic OH excluding ortho intramolecular Hbond substituents is 1. The van der Waals surface area contributed by atoms with Crippen LogP contribution in [0.15, 0.2) is 29.0 Å². The third-order valence-corrected chi connectivity index (χ3v) is 3.59. The van der Waals surface area contributed by atoms with E-state index in [0.717, 1.165) is 11.1 Å². The maximum atomic E-state index is 11.9. The fourth-order valence-corrected chi connectivity index (χ4v) is 2.44. The topological polar surface area (TPSA) is 75.3 Å². The Balaban J connectivity index is 2.08. The number of rotatable bonds is 3. The molecule has 0 saturated carbocycles. The average Bonchev–Trinajstić information content (AvgIpc) is 2.75. The van der Waals surface area contributed by atoms with Crippen LogP contribution in [0.3, 0.4) is 0 Å². The summed E-state index contributed by atoms with van der Waals surface area (Å²) in [7, 11) is 0. The highest BCUT2D eigenvalue weighted by Crippen LogP contribution is 2.19. The van der Waals surface area contributed by atoms with Gasteiger partial charge in [0.1, 0.15) is 5.75 Å². The minimum Gasteiger partial charge on any atom is -0.508 e. The van der Waals surface area contributed by atoms with Crippen LogP contribution in [0.2, 0.25) is 0 Å². The standard InChI is InChI=1S/C13H14N2O2S/c1-8-6-18-7-9(8)5-15-13(17)11-4-10(16)2-3-12(11)14/h2-4,6-7,16H,5,14H2,1H3,(H,15,17). The number of carbonyl (C=O) groups is 1. The first kappa shape index (κ1) is 12.4. The van der Waals surface area contributed by atoms with Crippen molar-refractivity contribution in [1.29, 1.82) is 0 Å². The molecule has 0 saturated heterocycles. The molecular formula is C13H14N2O2S. The van der Waals surface area contributed by atoms with Crippen molar-refractivity contribution in [3.8, 4) is 5.75 Å². The van der Waals surface area contributed by atoms with E-state index in [9.17, 15) is 9.90 Å². The number of aryl methyl sites for hydroxylation is 1. The van der Waals surface area contributed by atoms with E-state index in [0.29, 0.717) is 17.8 Å². The van der Waals surface area contributed by atoms with E-state index in [1.807, 2.05) is 17.7 Å². The molecule has 0 aliphatic carbocycles. The Hall–Kier alpha value is -2.01. The zero-order valence-electron chi connectivity index (χ0n) is 9.93. The number of aromatic hydroxyl groups is 1. The Bertz CT molecular complexity index is 578. The van der Waals surface area contributed by atoms with Crippen molar-refractivity contribution in [3.63, 3.8) is 0 Å². The van der Waals surface area contributed by atoms with E-state index in [2.05, 4.69) is 5.32 Å². The van der Waals surface area contributed by atoms with Gasteiger partial charge in [-0.1, -0.05) is 0 Å². The molecule has 0 spiro atoms. The number of nitrogens with one attached hydrogen (secondary N) is 1. The van der Waals surface area contributed by atoms with Crippen LogP contribution < -0.4 is 11.1 Å². The summed E-state index contributed by atoms with van der Waals surface area (Å²) in [5, 5.41) is 16.2. The van der Waals surface area contributed by atoms with Gasteiger partial charge < -0.3 is 16.2 Å². The minimum atomic E-state index is -0.283. The summed E-state index contributed by atoms with van der Waals surface area (Å²) in [6, 6.07) is 4.33. The zero-order valence-corrected chi connectivity index (χ0v) is 10.8. The summed E-state index contributed by atoms with van der Waals surface area (Å²) in [5.74, 6) is -0.255. The third-order valence-electron chi connectivity index (χ3n) is 2.68. The van der Waals surface area contributed by atoms with E-state index in [1.165, 1.54) is 18.2 Å². The van der Waals surface area contributed by atoms with Crippen molar-refractivity contribution in [1.82, 2.24) is 5.32 Å². The Kier molecular flexibility index (Phi) is 3.53. The van der Waals surface area contributed by atoms with Gasteiger partial charge in [-0.05, 0) is 47.0 Å². The molecule has 4 N–H and O–H groups in total. The van der Waals surface area contributed by atoms with Crippen LogP contribution in [0.5, 0.6) is 5.75 Å². The molecule has 0 aliphatic heterocycles. The molecule has 4 nitrogen and oxygen atoms in total. The van der Waals surface area contributed by atoms with Gasteiger partial charge in [-0.2, -0.15) is 11.3 Å². The molecule has 2 aromatic rings. The minimum absolute atomic E-state index is 0.0288. The van der Waals surface area contributed by atoms with E-state index in [1.54, 1.807) is 11.3 Å². The molecule has 0 bridgehead atoms. The van der Waals surface area contributed by atoms with Crippen molar-refractivity contribution in [3.05, 3.63) is 45.6 Å². The predicted molar refractivity (Wildman–Crippen MR) is 72.7 cm³/mol. The highest BCUT2D eigenvalue weighted by molar-refractivity contribution is 7.08. The number of carbonyl (C=O) groups excluding carboxylic acids is 1. The number of anilines is 1. The molecule has 94 valence electrons. The summed E-state index contributed by atoms with van der Waals surface area (Å²) < 4.78 is 0. The van der Waals surface area contributed by atoms with E-state index in [-0.39, 0.29) is 11.7 Å². The van der Waals surface area contributed by atoms with Gasteiger partial charge in [-0.25, -0.2) is 0 Å². The first-order chi connectivity index (χ1) is 8.58. The summed E-state index contributed by atoms with van der Waals surface area (Å²) in [6.45, 7) is 2.46. The van der Waals surface area contributed by atoms with Gasteiger partial charge in [-0.15, -0.1) is 0 Å². The molecule has 0 radical (unpaired) electrons. The lowest BCUT2D eigenvalue weighted by Crippen LogP contribution is -2.23. The van der Waals surface area contributed by atoms with Crippen LogP contribution in [0.4, 0.5) is 5.69 Å². The molecule has 0 aliphatic rings. The van der Waals surface area contributed by atoms with Crippen LogP contribution in [-0.4, -0.2) is 11.0 Å². The lowest BCUT2D eigenvalue weighted by Gasteiger charge is -2.07. The Morgan fingerprint density at radius 2 is 2.22 bits per heavy atom. The van der Waals surface area contributed by atoms with Crippen molar-refractivity contribution < 1.29 is 9.90 Å². The second kappa shape index (κ2) is 5.10. The van der Waals surface area contributed by atoms with Gasteiger partial charge in [0, 0.05) is 12.2 Å². The third kappa shape index (κ3) is 2.62. The molecule has 18 heavy (non-hydrogen) atoms. The average molecular weight is 262 g/mol. The van der Waals surface area contributed by atoms with Gasteiger partial charge >= 0.3 is 0 Å². The quantitative estimate of drug-likeness (QED) is 0.586. The summed E-state index contributed by atoms with van der Waals surface area (Å²) in [6.07, 6.45) is 0. The largest absolute Gasteiger partial charge is 0.508 e. The first-order valence-corrected chi connectivity index (χ1v) is 6.40. The van der Waals surface area contributed by atoms with Crippen molar-refractivity contribution in [2.45, 2.75) is 13.5 Å². The first-order valence-electron chi connectivity index (χ1n) is 5.46. The highest BCUT2D eigenvalue weighted by Gasteiger charge is 2.10. The number of amides is 1. The number of hydrogen-bond acceptors (Lipinski definition) is 4. The number of hydrogen-bond donors (Lipinski definition) is 3. The van der Waals surface area contributed by atoms with Gasteiger partial charge in [0.05, 0.1) is 5.56 Å². The van der Waals surface area contributed by atoms with Crippen LogP contribution in [-0.2, 0) is 6.54 Å². The zero-order chi connectivity index (χ0) is 13.1. The van der Waals surface area contributed by atoms with Crippen LogP contribution >= 0.6 is 11.3 Å². The lowest BCUT2D eigenvalue weighted by atomic mass is 10.1. The van der Waals surface area contributed by atoms with Gasteiger partial charge in [0.2, 0.25) is 0 Å². The van der Waals surface area contributed by atoms with E-state index >= 15 is 0 Å². The van der Waals surface area contributed by atoms with Crippen LogP contribution in [0.25, 0.3) is 0 Å². The molecule has 0 atom stereocenters. The summed E-state index contributed by atoms with van der Waals surface area (Å²) in [4.78, 5) is 11.9. The van der Waals surface area contributed by atoms with Gasteiger partial charge in [0.25, 0.3) is 5.91 Å². The summed E-state index contributed by atoms with van der Waals surface area (Å²) >= 11 is 1.60. The number of thiophene rings is 1.